The molecule has 6 rings (SSSR count). The first kappa shape index (κ1) is 26.8. The lowest BCUT2D eigenvalue weighted by Gasteiger charge is -2.41. The quantitative estimate of drug-likeness (QED) is 0.505. The third-order valence-corrected chi connectivity index (χ3v) is 10.6. The summed E-state index contributed by atoms with van der Waals surface area (Å²) in [6.45, 7) is 6.71. The Morgan fingerprint density at radius 2 is 1.72 bits per heavy atom. The third-order valence-electron chi connectivity index (χ3n) is 10.4. The number of rotatable bonds is 5. The fraction of sp³-hybridized carbons (Fsp3) is 0.645. The number of nitrogens with zero attached hydrogens (tertiary/aromatic N) is 1. The van der Waals surface area contributed by atoms with E-state index in [-0.39, 0.29) is 29.8 Å². The third kappa shape index (κ3) is 4.50. The number of nitrogens with one attached hydrogen (secondary N) is 2. The minimum Gasteiger partial charge on any atom is -0.359 e. The summed E-state index contributed by atoms with van der Waals surface area (Å²) >= 11 is 6.02. The molecule has 2 aliphatic carbocycles. The molecule has 39 heavy (non-hydrogen) atoms. The van der Waals surface area contributed by atoms with Crippen molar-refractivity contribution in [3.63, 3.8) is 0 Å². The molecule has 1 spiro atoms. The van der Waals surface area contributed by atoms with Crippen molar-refractivity contribution in [2.24, 2.45) is 29.6 Å². The largest absolute Gasteiger partial charge is 0.359 e. The zero-order valence-corrected chi connectivity index (χ0v) is 23.8. The standard InChI is InChI=1S/C31H40ClN3O4/c1-17-7-13-22(14-8-17)35-27(29(37)34-23-6-4-5-18(2)19(23)3)31-16-15-24(39-31)25(26(31)30(35)38)28(36)33-21-11-9-20(32)10-12-21/h9-12,15-19,22-27H,4-8,13-14H2,1-3H3,(H,33,36)(H,34,37)/t17?,18-,19+,22?,23+,24-,25+,26-,27-,31-/m0/s1. The van der Waals surface area contributed by atoms with Crippen molar-refractivity contribution < 1.29 is 19.1 Å². The number of carbonyl (C=O) groups is 3. The molecule has 210 valence electrons. The Kier molecular flexibility index (Phi) is 7.03. The summed E-state index contributed by atoms with van der Waals surface area (Å²) in [6, 6.07) is 6.21. The van der Waals surface area contributed by atoms with Crippen molar-refractivity contribution in [3.05, 3.63) is 41.4 Å². The van der Waals surface area contributed by atoms with E-state index in [9.17, 15) is 14.4 Å². The maximum Gasteiger partial charge on any atom is 0.246 e. The zero-order chi connectivity index (χ0) is 27.5. The van der Waals surface area contributed by atoms with Crippen LogP contribution in [0.2, 0.25) is 5.02 Å². The fourth-order valence-corrected chi connectivity index (χ4v) is 8.05. The molecule has 8 heteroatoms. The van der Waals surface area contributed by atoms with E-state index in [1.54, 1.807) is 24.3 Å². The molecule has 2 saturated carbocycles. The van der Waals surface area contributed by atoms with Gasteiger partial charge in [0.25, 0.3) is 0 Å². The molecule has 3 amide bonds. The topological polar surface area (TPSA) is 87.7 Å². The number of ether oxygens (including phenoxy) is 1. The van der Waals surface area contributed by atoms with Crippen LogP contribution in [-0.2, 0) is 19.1 Å². The number of halogens is 1. The van der Waals surface area contributed by atoms with E-state index < -0.39 is 29.6 Å². The van der Waals surface area contributed by atoms with E-state index in [2.05, 4.69) is 31.4 Å². The lowest BCUT2D eigenvalue weighted by atomic mass is 9.73. The van der Waals surface area contributed by atoms with Crippen LogP contribution < -0.4 is 10.6 Å². The maximum atomic E-state index is 14.3. The monoisotopic (exact) mass is 553 g/mol. The van der Waals surface area contributed by atoms with Crippen molar-refractivity contribution in [1.82, 2.24) is 10.2 Å². The summed E-state index contributed by atoms with van der Waals surface area (Å²) < 4.78 is 6.54. The minimum absolute atomic E-state index is 0.0249. The van der Waals surface area contributed by atoms with Crippen LogP contribution >= 0.6 is 11.6 Å². The summed E-state index contributed by atoms with van der Waals surface area (Å²) in [5.41, 5.74) is -0.510. The number of likely N-dealkylation sites (tertiary alicyclic amines) is 1. The van der Waals surface area contributed by atoms with Gasteiger partial charge in [-0.05, 0) is 74.1 Å². The van der Waals surface area contributed by atoms with Crippen molar-refractivity contribution in [1.29, 1.82) is 0 Å². The Morgan fingerprint density at radius 3 is 2.44 bits per heavy atom. The number of hydrogen-bond acceptors (Lipinski definition) is 4. The molecular weight excluding hydrogens is 514 g/mol. The number of carbonyl (C=O) groups excluding carboxylic acids is 3. The first-order chi connectivity index (χ1) is 18.7. The SMILES string of the molecule is CC1CCC(N2C(=O)[C@@H]3[C@H](C(=O)Nc4ccc(Cl)cc4)[C@@H]4C=C[C@@]3(O4)[C@@H]2C(=O)N[C@@H]2CCC[C@H](C)[C@H]2C)CC1. The van der Waals surface area contributed by atoms with Crippen LogP contribution in [0.25, 0.3) is 0 Å². The van der Waals surface area contributed by atoms with Crippen LogP contribution in [0.5, 0.6) is 0 Å². The smallest absolute Gasteiger partial charge is 0.246 e. The van der Waals surface area contributed by atoms with Gasteiger partial charge in [0.1, 0.15) is 11.6 Å². The molecule has 7 nitrogen and oxygen atoms in total. The van der Waals surface area contributed by atoms with Gasteiger partial charge >= 0.3 is 0 Å². The highest BCUT2D eigenvalue weighted by molar-refractivity contribution is 6.30. The molecule has 4 fully saturated rings. The molecule has 1 aromatic rings. The van der Waals surface area contributed by atoms with Gasteiger partial charge in [-0.25, -0.2) is 0 Å². The minimum atomic E-state index is -1.12. The van der Waals surface area contributed by atoms with E-state index >= 15 is 0 Å². The summed E-state index contributed by atoms with van der Waals surface area (Å²) in [5.74, 6) is -0.435. The van der Waals surface area contributed by atoms with Gasteiger partial charge in [0.2, 0.25) is 17.7 Å². The second-order valence-corrected chi connectivity index (χ2v) is 13.2. The molecule has 0 unspecified atom stereocenters. The van der Waals surface area contributed by atoms with Gasteiger partial charge in [0.15, 0.2) is 0 Å². The molecule has 0 radical (unpaired) electrons. The number of anilines is 1. The van der Waals surface area contributed by atoms with Crippen molar-refractivity contribution >= 4 is 35.0 Å². The Hall–Kier alpha value is -2.38. The Morgan fingerprint density at radius 1 is 1.00 bits per heavy atom. The van der Waals surface area contributed by atoms with E-state index in [0.29, 0.717) is 28.5 Å². The second-order valence-electron chi connectivity index (χ2n) is 12.7. The highest BCUT2D eigenvalue weighted by atomic mass is 35.5. The predicted molar refractivity (Wildman–Crippen MR) is 150 cm³/mol. The number of amides is 3. The first-order valence-electron chi connectivity index (χ1n) is 14.8. The van der Waals surface area contributed by atoms with Gasteiger partial charge in [-0.2, -0.15) is 0 Å². The molecule has 2 bridgehead atoms. The van der Waals surface area contributed by atoms with Gasteiger partial charge < -0.3 is 20.3 Å². The lowest BCUT2D eigenvalue weighted by molar-refractivity contribution is -0.145. The van der Waals surface area contributed by atoms with Crippen LogP contribution in [0, 0.1) is 29.6 Å². The average Bonchev–Trinajstić information content (AvgIpc) is 3.56. The predicted octanol–water partition coefficient (Wildman–Crippen LogP) is 4.95. The van der Waals surface area contributed by atoms with Crippen LogP contribution in [0.4, 0.5) is 5.69 Å². The van der Waals surface area contributed by atoms with Crippen LogP contribution in [0.1, 0.15) is 65.7 Å². The second kappa shape index (κ2) is 10.2. The van der Waals surface area contributed by atoms with Gasteiger partial charge in [0.05, 0.1) is 17.9 Å². The molecule has 1 aromatic carbocycles. The summed E-state index contributed by atoms with van der Waals surface area (Å²) in [7, 11) is 0. The highest BCUT2D eigenvalue weighted by Crippen LogP contribution is 2.56. The Bertz CT molecular complexity index is 1160. The molecule has 8 atom stereocenters. The summed E-state index contributed by atoms with van der Waals surface area (Å²) in [6.07, 6.45) is 10.2. The zero-order valence-electron chi connectivity index (χ0n) is 23.1. The van der Waals surface area contributed by atoms with Crippen LogP contribution in [-0.4, -0.2) is 52.5 Å². The summed E-state index contributed by atoms with van der Waals surface area (Å²) in [5, 5.41) is 6.90. The molecule has 5 aliphatic rings. The number of fused-ring (bicyclic) bond motifs is 1. The fourth-order valence-electron chi connectivity index (χ4n) is 7.93. The van der Waals surface area contributed by atoms with E-state index in [0.717, 1.165) is 38.5 Å². The molecule has 0 aromatic heterocycles. The summed E-state index contributed by atoms with van der Waals surface area (Å²) in [4.78, 5) is 44.0. The Labute approximate surface area is 236 Å². The molecule has 2 N–H and O–H groups in total. The van der Waals surface area contributed by atoms with Crippen LogP contribution in [0.3, 0.4) is 0 Å². The number of hydrogen-bond donors (Lipinski definition) is 2. The normalized spacial score (nSPS) is 41.0. The van der Waals surface area contributed by atoms with Gasteiger partial charge in [-0.3, -0.25) is 14.4 Å². The average molecular weight is 554 g/mol. The first-order valence-corrected chi connectivity index (χ1v) is 15.1. The van der Waals surface area contributed by atoms with Crippen molar-refractivity contribution in [3.8, 4) is 0 Å². The number of benzene rings is 1. The van der Waals surface area contributed by atoms with Crippen molar-refractivity contribution in [2.45, 2.75) is 95.5 Å². The van der Waals surface area contributed by atoms with Gasteiger partial charge in [-0.1, -0.05) is 57.4 Å². The van der Waals surface area contributed by atoms with Gasteiger partial charge in [0, 0.05) is 22.8 Å². The van der Waals surface area contributed by atoms with E-state index in [4.69, 9.17) is 16.3 Å². The molecule has 3 heterocycles. The van der Waals surface area contributed by atoms with Crippen LogP contribution in [0.15, 0.2) is 36.4 Å². The van der Waals surface area contributed by atoms with E-state index in [1.807, 2.05) is 17.1 Å². The van der Waals surface area contributed by atoms with E-state index in [1.165, 1.54) is 6.42 Å². The maximum absolute atomic E-state index is 14.3. The highest BCUT2D eigenvalue weighted by Gasteiger charge is 2.73. The lowest BCUT2D eigenvalue weighted by Crippen LogP contribution is -2.59. The van der Waals surface area contributed by atoms with Crippen molar-refractivity contribution in [2.75, 3.05) is 5.32 Å². The molecular formula is C31H40ClN3O4. The Balaban J connectivity index is 1.31. The molecule has 3 aliphatic heterocycles. The van der Waals surface area contributed by atoms with Gasteiger partial charge in [-0.15, -0.1) is 0 Å². The molecule has 2 saturated heterocycles.